The van der Waals surface area contributed by atoms with E-state index in [0.717, 1.165) is 17.2 Å². The summed E-state index contributed by atoms with van der Waals surface area (Å²) in [6, 6.07) is 5.78. The fourth-order valence-corrected chi connectivity index (χ4v) is 1.83. The van der Waals surface area contributed by atoms with E-state index in [1.165, 1.54) is 0 Å². The Morgan fingerprint density at radius 3 is 2.50 bits per heavy atom. The van der Waals surface area contributed by atoms with Gasteiger partial charge in [-0.1, -0.05) is 0 Å². The van der Waals surface area contributed by atoms with Crippen molar-refractivity contribution in [3.05, 3.63) is 41.6 Å². The monoisotopic (exact) mass is 219 g/mol. The van der Waals surface area contributed by atoms with Crippen LogP contribution in [0.1, 0.15) is 30.2 Å². The summed E-state index contributed by atoms with van der Waals surface area (Å²) in [4.78, 5) is 0. The molecule has 0 amide bonds. The van der Waals surface area contributed by atoms with Crippen molar-refractivity contribution in [2.24, 2.45) is 5.73 Å². The molecule has 0 saturated heterocycles. The minimum absolute atomic E-state index is 0.0394. The van der Waals surface area contributed by atoms with Crippen LogP contribution in [0.25, 0.3) is 0 Å². The predicted molar refractivity (Wildman–Crippen MR) is 62.2 cm³/mol. The van der Waals surface area contributed by atoms with Crippen molar-refractivity contribution in [3.63, 3.8) is 0 Å². The van der Waals surface area contributed by atoms with Gasteiger partial charge in [-0.2, -0.15) is 5.10 Å². The largest absolute Gasteiger partial charge is 0.464 e. The summed E-state index contributed by atoms with van der Waals surface area (Å²) in [7, 11) is 0. The van der Waals surface area contributed by atoms with Crippen LogP contribution in [0.3, 0.4) is 0 Å². The van der Waals surface area contributed by atoms with Crippen molar-refractivity contribution in [1.29, 1.82) is 0 Å². The second-order valence-corrected chi connectivity index (χ2v) is 4.19. The number of hydrogen-bond donors (Lipinski definition) is 1. The molecule has 0 saturated carbocycles. The van der Waals surface area contributed by atoms with Crippen molar-refractivity contribution in [1.82, 2.24) is 9.78 Å². The highest BCUT2D eigenvalue weighted by atomic mass is 16.3. The van der Waals surface area contributed by atoms with Gasteiger partial charge in [-0.15, -0.1) is 0 Å². The van der Waals surface area contributed by atoms with Crippen LogP contribution in [0, 0.1) is 13.8 Å². The van der Waals surface area contributed by atoms with Gasteiger partial charge >= 0.3 is 0 Å². The van der Waals surface area contributed by atoms with Gasteiger partial charge in [0.1, 0.15) is 17.6 Å². The summed E-state index contributed by atoms with van der Waals surface area (Å²) in [5, 5.41) is 4.39. The third-order valence-corrected chi connectivity index (χ3v) is 2.58. The highest BCUT2D eigenvalue weighted by Crippen LogP contribution is 2.22. The third-order valence-electron chi connectivity index (χ3n) is 2.58. The Balaban J connectivity index is 2.38. The number of nitrogens with two attached hydrogens (primary N) is 1. The van der Waals surface area contributed by atoms with Gasteiger partial charge in [0.2, 0.25) is 0 Å². The zero-order chi connectivity index (χ0) is 11.7. The predicted octanol–water partition coefficient (Wildman–Crippen LogP) is 2.03. The Labute approximate surface area is 95.1 Å². The van der Waals surface area contributed by atoms with Gasteiger partial charge in [0.15, 0.2) is 0 Å². The van der Waals surface area contributed by atoms with Gasteiger partial charge in [-0.05, 0) is 39.0 Å². The molecule has 0 radical (unpaired) electrons. The molecule has 2 unspecified atom stereocenters. The first-order valence-corrected chi connectivity index (χ1v) is 5.41. The number of hydrogen-bond acceptors (Lipinski definition) is 3. The first-order valence-electron chi connectivity index (χ1n) is 5.41. The molecule has 0 spiro atoms. The maximum atomic E-state index is 6.00. The maximum absolute atomic E-state index is 6.00. The number of aromatic nitrogens is 2. The van der Waals surface area contributed by atoms with Crippen LogP contribution >= 0.6 is 0 Å². The molecule has 4 nitrogen and oxygen atoms in total. The van der Waals surface area contributed by atoms with Crippen LogP contribution in [0.4, 0.5) is 0 Å². The second kappa shape index (κ2) is 4.14. The Hall–Kier alpha value is -1.55. The van der Waals surface area contributed by atoms with Gasteiger partial charge in [-0.25, -0.2) is 0 Å². The van der Waals surface area contributed by atoms with E-state index < -0.39 is 0 Å². The highest BCUT2D eigenvalue weighted by Gasteiger charge is 2.22. The first-order chi connectivity index (χ1) is 7.58. The van der Waals surface area contributed by atoms with E-state index in [2.05, 4.69) is 5.10 Å². The minimum Gasteiger partial charge on any atom is -0.464 e. The van der Waals surface area contributed by atoms with Crippen molar-refractivity contribution in [2.45, 2.75) is 32.9 Å². The molecule has 2 aromatic heterocycles. The molecule has 2 atom stereocenters. The molecule has 16 heavy (non-hydrogen) atoms. The summed E-state index contributed by atoms with van der Waals surface area (Å²) in [6.07, 6.45) is 1.93. The highest BCUT2D eigenvalue weighted by molar-refractivity contribution is 5.13. The molecule has 0 aliphatic carbocycles. The normalized spacial score (nSPS) is 15.0. The average molecular weight is 219 g/mol. The number of furan rings is 1. The zero-order valence-electron chi connectivity index (χ0n) is 9.84. The fraction of sp³-hybridized carbons (Fsp3) is 0.417. The van der Waals surface area contributed by atoms with E-state index in [9.17, 15) is 0 Å². The lowest BCUT2D eigenvalue weighted by Gasteiger charge is -2.19. The average Bonchev–Trinajstić information content (AvgIpc) is 2.76. The Morgan fingerprint density at radius 1 is 1.31 bits per heavy atom. The van der Waals surface area contributed by atoms with E-state index in [-0.39, 0.29) is 12.1 Å². The molecule has 0 aliphatic heterocycles. The summed E-state index contributed by atoms with van der Waals surface area (Å²) >= 11 is 0. The lowest BCUT2D eigenvalue weighted by atomic mass is 10.1. The van der Waals surface area contributed by atoms with Crippen LogP contribution in [0.15, 0.2) is 28.8 Å². The van der Waals surface area contributed by atoms with Gasteiger partial charge < -0.3 is 10.2 Å². The topological polar surface area (TPSA) is 57.0 Å². The molecule has 0 aliphatic rings. The lowest BCUT2D eigenvalue weighted by molar-refractivity contribution is 0.359. The van der Waals surface area contributed by atoms with Crippen LogP contribution in [-0.4, -0.2) is 15.8 Å². The second-order valence-electron chi connectivity index (χ2n) is 4.19. The van der Waals surface area contributed by atoms with Crippen molar-refractivity contribution < 1.29 is 4.42 Å². The van der Waals surface area contributed by atoms with E-state index in [1.54, 1.807) is 0 Å². The quantitative estimate of drug-likeness (QED) is 0.859. The van der Waals surface area contributed by atoms with Gasteiger partial charge in [0, 0.05) is 12.2 Å². The zero-order valence-corrected chi connectivity index (χ0v) is 9.84. The van der Waals surface area contributed by atoms with E-state index in [4.69, 9.17) is 10.2 Å². The molecular formula is C12H17N3O. The smallest absolute Gasteiger partial charge is 0.130 e. The molecule has 2 rings (SSSR count). The Morgan fingerprint density at radius 2 is 2.06 bits per heavy atom. The molecule has 86 valence electrons. The molecule has 0 fully saturated rings. The minimum atomic E-state index is -0.0511. The van der Waals surface area contributed by atoms with Gasteiger partial charge in [-0.3, -0.25) is 4.68 Å². The summed E-state index contributed by atoms with van der Waals surface area (Å²) in [5.41, 5.74) is 6.98. The van der Waals surface area contributed by atoms with Crippen molar-refractivity contribution in [3.8, 4) is 0 Å². The molecular weight excluding hydrogens is 202 g/mol. The summed E-state index contributed by atoms with van der Waals surface area (Å²) in [5.74, 6) is 1.75. The van der Waals surface area contributed by atoms with Crippen molar-refractivity contribution in [2.75, 3.05) is 0 Å². The van der Waals surface area contributed by atoms with E-state index in [0.29, 0.717) is 0 Å². The summed E-state index contributed by atoms with van der Waals surface area (Å²) < 4.78 is 7.49. The van der Waals surface area contributed by atoms with E-state index >= 15 is 0 Å². The van der Waals surface area contributed by atoms with Crippen LogP contribution in [0.2, 0.25) is 0 Å². The molecule has 2 aromatic rings. The standard InChI is InChI=1S/C12H17N3O/c1-8-6-7-15(14-8)12(10(3)13)11-5-4-9(2)16-11/h4-7,10,12H,13H2,1-3H3. The number of rotatable bonds is 3. The van der Waals surface area contributed by atoms with Crippen LogP contribution in [0.5, 0.6) is 0 Å². The Kier molecular flexibility index (Phi) is 2.83. The number of nitrogens with zero attached hydrogens (tertiary/aromatic N) is 2. The SMILES string of the molecule is Cc1ccn(C(c2ccc(C)o2)C(C)N)n1. The lowest BCUT2D eigenvalue weighted by Crippen LogP contribution is -2.30. The summed E-state index contributed by atoms with van der Waals surface area (Å²) in [6.45, 7) is 5.84. The molecule has 2 heterocycles. The molecule has 0 bridgehead atoms. The molecule has 2 N–H and O–H groups in total. The fourth-order valence-electron chi connectivity index (χ4n) is 1.83. The molecule has 0 aromatic carbocycles. The van der Waals surface area contributed by atoms with Crippen molar-refractivity contribution >= 4 is 0 Å². The van der Waals surface area contributed by atoms with Crippen LogP contribution in [-0.2, 0) is 0 Å². The van der Waals surface area contributed by atoms with Gasteiger partial charge in [0.25, 0.3) is 0 Å². The van der Waals surface area contributed by atoms with Crippen LogP contribution < -0.4 is 5.73 Å². The first kappa shape index (κ1) is 11.0. The number of aryl methyl sites for hydroxylation is 2. The van der Waals surface area contributed by atoms with E-state index in [1.807, 2.05) is 49.8 Å². The molecule has 4 heteroatoms. The Bertz CT molecular complexity index is 430. The third kappa shape index (κ3) is 2.02. The maximum Gasteiger partial charge on any atom is 0.130 e. The van der Waals surface area contributed by atoms with Gasteiger partial charge in [0.05, 0.1) is 5.69 Å².